The lowest BCUT2D eigenvalue weighted by Crippen LogP contribution is -2.40. The van der Waals surface area contributed by atoms with Gasteiger partial charge in [-0.1, -0.05) is 133 Å². The van der Waals surface area contributed by atoms with E-state index in [-0.39, 0.29) is 11.0 Å². The molecule has 0 aromatic heterocycles. The number of anilines is 4. The van der Waals surface area contributed by atoms with Crippen LogP contribution in [0.25, 0.3) is 0 Å². The molecule has 0 spiro atoms. The Morgan fingerprint density at radius 1 is 0.511 bits per heavy atom. The third-order valence-electron chi connectivity index (χ3n) is 10.2. The maximum Gasteiger partial charge on any atom is 0.124 e. The Labute approximate surface area is 270 Å². The van der Waals surface area contributed by atoms with Crippen molar-refractivity contribution in [3.05, 3.63) is 160 Å². The molecule has 5 aromatic carbocycles. The zero-order chi connectivity index (χ0) is 31.7. The second-order valence-corrected chi connectivity index (χ2v) is 14.4. The number of rotatable bonds is 5. The van der Waals surface area contributed by atoms with Gasteiger partial charge in [-0.2, -0.15) is 0 Å². The van der Waals surface area contributed by atoms with E-state index >= 15 is 0 Å². The molecule has 0 aliphatic carbocycles. The van der Waals surface area contributed by atoms with Gasteiger partial charge in [0.2, 0.25) is 0 Å². The predicted octanol–water partition coefficient (Wildman–Crippen LogP) is 11.7. The molecule has 227 valence electrons. The first kappa shape index (κ1) is 29.4. The van der Waals surface area contributed by atoms with Crippen LogP contribution >= 0.6 is 0 Å². The fourth-order valence-electron chi connectivity index (χ4n) is 7.91. The van der Waals surface area contributed by atoms with Crippen LogP contribution in [0.1, 0.15) is 106 Å². The van der Waals surface area contributed by atoms with Gasteiger partial charge in [-0.25, -0.2) is 0 Å². The van der Waals surface area contributed by atoms with E-state index in [1.165, 1.54) is 67.7 Å². The zero-order valence-electron chi connectivity index (χ0n) is 28.0. The molecule has 0 saturated carbocycles. The lowest BCUT2D eigenvalue weighted by atomic mass is 9.73. The van der Waals surface area contributed by atoms with Crippen molar-refractivity contribution in [1.82, 2.24) is 0 Å². The molecule has 0 unspecified atom stereocenters. The zero-order valence-corrected chi connectivity index (χ0v) is 28.0. The number of nitrogens with zero attached hydrogens (tertiary/aromatic N) is 2. The Hall–Kier alpha value is -4.30. The van der Waals surface area contributed by atoms with Crippen LogP contribution in [0.3, 0.4) is 0 Å². The third kappa shape index (κ3) is 4.44. The first-order valence-electron chi connectivity index (χ1n) is 16.5. The topological polar surface area (TPSA) is 6.48 Å². The number of hydrogen-bond acceptors (Lipinski definition) is 2. The molecule has 0 saturated heterocycles. The molecule has 0 N–H and O–H groups in total. The molecule has 2 aliphatic heterocycles. The lowest BCUT2D eigenvalue weighted by Gasteiger charge is -2.42. The molecule has 0 atom stereocenters. The second-order valence-electron chi connectivity index (χ2n) is 14.4. The second kappa shape index (κ2) is 10.7. The normalized spacial score (nSPS) is 16.6. The molecule has 2 aliphatic rings. The van der Waals surface area contributed by atoms with Gasteiger partial charge < -0.3 is 9.80 Å². The predicted molar refractivity (Wildman–Crippen MR) is 191 cm³/mol. The Balaban J connectivity index is 1.40. The molecule has 2 nitrogen and oxygen atoms in total. The van der Waals surface area contributed by atoms with Gasteiger partial charge >= 0.3 is 0 Å². The van der Waals surface area contributed by atoms with E-state index in [1.807, 2.05) is 0 Å². The molecule has 2 heterocycles. The molecule has 2 heteroatoms. The molecule has 0 fully saturated rings. The van der Waals surface area contributed by atoms with E-state index in [2.05, 4.69) is 180 Å². The van der Waals surface area contributed by atoms with Gasteiger partial charge in [0, 0.05) is 16.8 Å². The van der Waals surface area contributed by atoms with Gasteiger partial charge in [0.25, 0.3) is 0 Å². The number of fused-ring (bicyclic) bond motifs is 3. The number of para-hydroxylation sites is 3. The minimum Gasteiger partial charge on any atom is -0.345 e. The van der Waals surface area contributed by atoms with Crippen molar-refractivity contribution >= 4 is 22.7 Å². The molecule has 1 radical (unpaired) electrons. The number of benzene rings is 5. The van der Waals surface area contributed by atoms with Crippen LogP contribution in [0.4, 0.5) is 22.7 Å². The molecule has 0 amide bonds. The quantitative estimate of drug-likeness (QED) is 0.201. The van der Waals surface area contributed by atoms with Gasteiger partial charge in [0.05, 0.1) is 16.9 Å². The summed E-state index contributed by atoms with van der Waals surface area (Å²) in [6.45, 7) is 18.8. The molecule has 7 rings (SSSR count). The van der Waals surface area contributed by atoms with E-state index in [1.54, 1.807) is 0 Å². The fourth-order valence-corrected chi connectivity index (χ4v) is 7.91. The summed E-state index contributed by atoms with van der Waals surface area (Å²) < 4.78 is 0. The third-order valence-corrected chi connectivity index (χ3v) is 10.2. The van der Waals surface area contributed by atoms with E-state index in [4.69, 9.17) is 0 Å². The van der Waals surface area contributed by atoms with Gasteiger partial charge in [-0.05, 0) is 88.9 Å². The summed E-state index contributed by atoms with van der Waals surface area (Å²) in [5.41, 5.74) is 14.2. The Kier molecular flexibility index (Phi) is 6.96. The van der Waals surface area contributed by atoms with Gasteiger partial charge in [-0.3, -0.25) is 0 Å². The largest absolute Gasteiger partial charge is 0.345 e. The van der Waals surface area contributed by atoms with Crippen molar-refractivity contribution in [1.29, 1.82) is 0 Å². The van der Waals surface area contributed by atoms with Crippen LogP contribution in [0.5, 0.6) is 0 Å². The monoisotopic (exact) mass is 589 g/mol. The van der Waals surface area contributed by atoms with E-state index in [0.29, 0.717) is 11.8 Å². The van der Waals surface area contributed by atoms with Crippen molar-refractivity contribution < 1.29 is 0 Å². The van der Waals surface area contributed by atoms with Crippen molar-refractivity contribution in [3.63, 3.8) is 0 Å². The Bertz CT molecular complexity index is 1800. The average molecular weight is 590 g/mol. The maximum atomic E-state index is 2.66. The fraction of sp³-hybridized carbons (Fsp3) is 0.279. The van der Waals surface area contributed by atoms with Crippen LogP contribution in [0.2, 0.25) is 0 Å². The molecular weight excluding hydrogens is 544 g/mol. The molecule has 5 aromatic rings. The van der Waals surface area contributed by atoms with Gasteiger partial charge in [0.1, 0.15) is 6.04 Å². The highest BCUT2D eigenvalue weighted by Gasteiger charge is 2.47. The molecular formula is C43H45N2. The highest BCUT2D eigenvalue weighted by atomic mass is 15.3. The van der Waals surface area contributed by atoms with Crippen LogP contribution in [-0.2, 0) is 11.0 Å². The van der Waals surface area contributed by atoms with Crippen molar-refractivity contribution in [2.24, 2.45) is 0 Å². The summed E-state index contributed by atoms with van der Waals surface area (Å²) in [4.78, 5) is 5.10. The van der Waals surface area contributed by atoms with Crippen LogP contribution in [-0.4, -0.2) is 0 Å². The first-order chi connectivity index (χ1) is 21.5. The van der Waals surface area contributed by atoms with E-state index < -0.39 is 0 Å². The first-order valence-corrected chi connectivity index (χ1v) is 16.5. The Morgan fingerprint density at radius 3 is 1.53 bits per heavy atom. The summed E-state index contributed by atoms with van der Waals surface area (Å²) in [6.07, 6.45) is 0. The maximum absolute atomic E-state index is 2.66. The van der Waals surface area contributed by atoms with Crippen LogP contribution in [0, 0.1) is 6.04 Å². The summed E-state index contributed by atoms with van der Waals surface area (Å²) in [5.74, 6) is 0.815. The van der Waals surface area contributed by atoms with E-state index in [9.17, 15) is 0 Å². The molecule has 45 heavy (non-hydrogen) atoms. The smallest absolute Gasteiger partial charge is 0.124 e. The summed E-state index contributed by atoms with van der Waals surface area (Å²) >= 11 is 0. The van der Waals surface area contributed by atoms with Crippen LogP contribution in [0.15, 0.2) is 115 Å². The lowest BCUT2D eigenvalue weighted by molar-refractivity contribution is 0.529. The molecule has 0 bridgehead atoms. The minimum atomic E-state index is -0.213. The number of hydrogen-bond donors (Lipinski definition) is 0. The summed E-state index contributed by atoms with van der Waals surface area (Å²) in [7, 11) is 0. The van der Waals surface area contributed by atoms with Gasteiger partial charge in [0.15, 0.2) is 0 Å². The van der Waals surface area contributed by atoms with Crippen molar-refractivity contribution in [2.45, 2.75) is 78.2 Å². The van der Waals surface area contributed by atoms with E-state index in [0.717, 1.165) is 0 Å². The highest BCUT2D eigenvalue weighted by Crippen LogP contribution is 2.55. The van der Waals surface area contributed by atoms with Crippen LogP contribution < -0.4 is 9.80 Å². The summed E-state index contributed by atoms with van der Waals surface area (Å²) in [5, 5.41) is 0. The van der Waals surface area contributed by atoms with Crippen molar-refractivity contribution in [3.8, 4) is 0 Å². The summed E-state index contributed by atoms with van der Waals surface area (Å²) in [6, 6.07) is 44.3. The minimum absolute atomic E-state index is 0.0724. The van der Waals surface area contributed by atoms with Crippen molar-refractivity contribution in [2.75, 3.05) is 9.80 Å². The van der Waals surface area contributed by atoms with Gasteiger partial charge in [-0.15, -0.1) is 0 Å². The SMILES string of the molecule is CC(C)c1cccc(C(C)C)c1N1[C](c2ccc(N3c4ccccc4C(C)(C)c4ccccc43)cc2)c2ccccc2C1(C)C. The Morgan fingerprint density at radius 2 is 1.00 bits per heavy atom. The average Bonchev–Trinajstić information content (AvgIpc) is 3.27. The standard InChI is InChI=1S/C43H45N2/c1-28(2)32-17-15-18-33(29(3)4)41(32)45-40(34-16-9-10-19-35(34)43(45,7)8)30-24-26-31(27-25-30)44-38-22-13-11-20-36(38)42(5,6)37-21-12-14-23-39(37)44/h9-29H,1-8H3. The highest BCUT2D eigenvalue weighted by molar-refractivity contribution is 5.86.